The number of likely N-dealkylation sites (tertiary alicyclic amines) is 3. The molecular formula is C43H59N5O2. The first kappa shape index (κ1) is 36.4. The van der Waals surface area contributed by atoms with Crippen LogP contribution in [0, 0.1) is 24.7 Å². The molecule has 268 valence electrons. The Hall–Kier alpha value is -3.41. The Morgan fingerprint density at radius 2 is 1.72 bits per heavy atom. The fraction of sp³-hybridized carbons (Fsp3) is 0.558. The number of benzene rings is 3. The van der Waals surface area contributed by atoms with E-state index in [4.69, 9.17) is 0 Å². The predicted octanol–water partition coefficient (Wildman–Crippen LogP) is 6.83. The molecule has 7 heteroatoms. The molecule has 3 heterocycles. The normalized spacial score (nSPS) is 24.3. The van der Waals surface area contributed by atoms with Gasteiger partial charge >= 0.3 is 0 Å². The summed E-state index contributed by atoms with van der Waals surface area (Å²) < 4.78 is 0. The third-order valence-electron chi connectivity index (χ3n) is 12.0. The molecule has 4 unspecified atom stereocenters. The van der Waals surface area contributed by atoms with Crippen LogP contribution < -0.4 is 10.6 Å². The van der Waals surface area contributed by atoms with Crippen LogP contribution in [0.2, 0.25) is 0 Å². The van der Waals surface area contributed by atoms with Crippen molar-refractivity contribution in [2.45, 2.75) is 102 Å². The van der Waals surface area contributed by atoms with Crippen molar-refractivity contribution in [2.75, 3.05) is 52.1 Å². The second kappa shape index (κ2) is 15.9. The largest absolute Gasteiger partial charge is 0.388 e. The molecule has 0 bridgehead atoms. The van der Waals surface area contributed by atoms with Gasteiger partial charge in [-0.25, -0.2) is 0 Å². The number of aryl methyl sites for hydroxylation is 1. The highest BCUT2D eigenvalue weighted by molar-refractivity contribution is 5.97. The van der Waals surface area contributed by atoms with E-state index in [9.17, 15) is 9.90 Å². The summed E-state index contributed by atoms with van der Waals surface area (Å²) in [6, 6.07) is 20.2. The number of hydrogen-bond acceptors (Lipinski definition) is 6. The number of nitrogens with zero attached hydrogens (tertiary/aromatic N) is 3. The third-order valence-corrected chi connectivity index (χ3v) is 12.0. The molecule has 7 nitrogen and oxygen atoms in total. The zero-order valence-corrected chi connectivity index (χ0v) is 31.3. The van der Waals surface area contributed by atoms with Gasteiger partial charge in [0, 0.05) is 60.5 Å². The molecule has 3 aliphatic rings. The third kappa shape index (κ3) is 8.54. The fourth-order valence-electron chi connectivity index (χ4n) is 8.48. The lowest BCUT2D eigenvalue weighted by atomic mass is 9.89. The highest BCUT2D eigenvalue weighted by Crippen LogP contribution is 2.30. The summed E-state index contributed by atoms with van der Waals surface area (Å²) >= 11 is 0. The van der Waals surface area contributed by atoms with Crippen molar-refractivity contribution >= 4 is 22.4 Å². The van der Waals surface area contributed by atoms with Gasteiger partial charge in [-0.2, -0.15) is 0 Å². The summed E-state index contributed by atoms with van der Waals surface area (Å²) in [5.74, 6) is 7.44. The molecule has 3 aromatic rings. The van der Waals surface area contributed by atoms with Crippen LogP contribution in [0.25, 0.3) is 10.8 Å². The van der Waals surface area contributed by atoms with Gasteiger partial charge in [-0.1, -0.05) is 55.2 Å². The van der Waals surface area contributed by atoms with E-state index in [2.05, 4.69) is 121 Å². The summed E-state index contributed by atoms with van der Waals surface area (Å²) in [5, 5.41) is 20.4. The molecule has 0 radical (unpaired) electrons. The Balaban J connectivity index is 1.10. The second-order valence-electron chi connectivity index (χ2n) is 15.7. The maximum Gasteiger partial charge on any atom is 0.252 e. The summed E-state index contributed by atoms with van der Waals surface area (Å²) in [6.45, 7) is 13.4. The number of nitrogens with one attached hydrogen (secondary N) is 2. The van der Waals surface area contributed by atoms with Gasteiger partial charge in [0.15, 0.2) is 0 Å². The maximum atomic E-state index is 13.7. The maximum absolute atomic E-state index is 13.7. The van der Waals surface area contributed by atoms with Crippen molar-refractivity contribution in [3.8, 4) is 11.8 Å². The minimum atomic E-state index is -0.549. The van der Waals surface area contributed by atoms with E-state index in [1.165, 1.54) is 0 Å². The van der Waals surface area contributed by atoms with Gasteiger partial charge in [0.05, 0.1) is 11.6 Å². The van der Waals surface area contributed by atoms with Crippen molar-refractivity contribution in [1.82, 2.24) is 20.0 Å². The van der Waals surface area contributed by atoms with Crippen molar-refractivity contribution in [2.24, 2.45) is 5.92 Å². The van der Waals surface area contributed by atoms with Crippen LogP contribution in [0.15, 0.2) is 54.6 Å². The predicted molar refractivity (Wildman–Crippen MR) is 207 cm³/mol. The molecule has 3 fully saturated rings. The van der Waals surface area contributed by atoms with Gasteiger partial charge in [0.1, 0.15) is 0 Å². The van der Waals surface area contributed by atoms with E-state index in [-0.39, 0.29) is 11.9 Å². The first-order chi connectivity index (χ1) is 24.0. The van der Waals surface area contributed by atoms with Gasteiger partial charge in [0.2, 0.25) is 0 Å². The summed E-state index contributed by atoms with van der Waals surface area (Å²) in [6.07, 6.45) is 7.14. The van der Waals surface area contributed by atoms with Crippen molar-refractivity contribution in [1.29, 1.82) is 0 Å². The van der Waals surface area contributed by atoms with Crippen molar-refractivity contribution in [3.63, 3.8) is 0 Å². The smallest absolute Gasteiger partial charge is 0.252 e. The molecule has 50 heavy (non-hydrogen) atoms. The SMILES string of the molecule is CCC1CC(Nc2ccc(C)c(C(=O)NC(C)c3ccc(C#CC4CCN(CC5(O)CCN(C)CC5)CC4)c4ccccc34)c2)CC(C)N1C. The number of piperidine rings is 3. The molecule has 3 aromatic carbocycles. The summed E-state index contributed by atoms with van der Waals surface area (Å²) in [4.78, 5) is 21.0. The number of anilines is 1. The van der Waals surface area contributed by atoms with Crippen LogP contribution in [-0.4, -0.2) is 96.3 Å². The molecule has 0 saturated carbocycles. The number of amides is 1. The van der Waals surface area contributed by atoms with E-state index < -0.39 is 5.60 Å². The van der Waals surface area contributed by atoms with Crippen LogP contribution in [0.3, 0.4) is 0 Å². The van der Waals surface area contributed by atoms with E-state index in [1.54, 1.807) is 0 Å². The molecule has 6 rings (SSSR count). The molecular weight excluding hydrogens is 619 g/mol. The number of β-amino-alcohol motifs (C(OH)–C–C–N with tert-alkyl or cyclic N) is 1. The zero-order chi connectivity index (χ0) is 35.4. The molecule has 3 saturated heterocycles. The first-order valence-electron chi connectivity index (χ1n) is 19.1. The second-order valence-corrected chi connectivity index (χ2v) is 15.7. The Labute approximate surface area is 300 Å². The van der Waals surface area contributed by atoms with Crippen LogP contribution in [0.4, 0.5) is 5.69 Å². The van der Waals surface area contributed by atoms with Gasteiger partial charge in [0.25, 0.3) is 5.91 Å². The van der Waals surface area contributed by atoms with E-state index in [0.717, 1.165) is 111 Å². The Kier molecular flexibility index (Phi) is 11.5. The monoisotopic (exact) mass is 677 g/mol. The fourth-order valence-corrected chi connectivity index (χ4v) is 8.48. The quantitative estimate of drug-likeness (QED) is 0.227. The molecule has 0 aromatic heterocycles. The zero-order valence-electron chi connectivity index (χ0n) is 31.3. The summed E-state index contributed by atoms with van der Waals surface area (Å²) in [7, 11) is 4.38. The van der Waals surface area contributed by atoms with Crippen molar-refractivity contribution < 1.29 is 9.90 Å². The van der Waals surface area contributed by atoms with Crippen LogP contribution in [0.5, 0.6) is 0 Å². The lowest BCUT2D eigenvalue weighted by Gasteiger charge is -2.42. The number of rotatable bonds is 8. The number of carbonyl (C=O) groups excluding carboxylic acids is 1. The molecule has 1 amide bonds. The minimum absolute atomic E-state index is 0.0518. The average molecular weight is 678 g/mol. The molecule has 4 atom stereocenters. The lowest BCUT2D eigenvalue weighted by Crippen LogP contribution is -2.51. The molecule has 3 aliphatic heterocycles. The lowest BCUT2D eigenvalue weighted by molar-refractivity contribution is -0.0453. The van der Waals surface area contributed by atoms with Gasteiger partial charge in [-0.05, 0) is 133 Å². The average Bonchev–Trinajstić information content (AvgIpc) is 3.11. The number of carbonyl (C=O) groups is 1. The number of aliphatic hydroxyl groups is 1. The standard InChI is InChI=1S/C43H59N5O2/c1-7-37-27-36(26-31(3)47(37)6)45-35-16-12-30(2)41(28-35)42(49)44-32(4)38-17-15-34(39-10-8-9-11-40(38)39)14-13-33-18-22-48(23-19-33)29-43(50)20-24-46(5)25-21-43/h8-12,15-17,28,31-33,36-37,45,50H,7,18-27,29H2,1-6H3,(H,44,49). The Bertz CT molecular complexity index is 1690. The van der Waals surface area contributed by atoms with Crippen LogP contribution in [-0.2, 0) is 0 Å². The Morgan fingerprint density at radius 1 is 1.00 bits per heavy atom. The van der Waals surface area contributed by atoms with Crippen LogP contribution >= 0.6 is 0 Å². The van der Waals surface area contributed by atoms with Gasteiger partial charge in [-0.15, -0.1) is 0 Å². The highest BCUT2D eigenvalue weighted by atomic mass is 16.3. The van der Waals surface area contributed by atoms with E-state index in [0.29, 0.717) is 29.6 Å². The number of hydrogen-bond donors (Lipinski definition) is 3. The van der Waals surface area contributed by atoms with E-state index >= 15 is 0 Å². The topological polar surface area (TPSA) is 71.1 Å². The molecule has 3 N–H and O–H groups in total. The highest BCUT2D eigenvalue weighted by Gasteiger charge is 2.34. The van der Waals surface area contributed by atoms with E-state index in [1.807, 2.05) is 13.0 Å². The van der Waals surface area contributed by atoms with Crippen molar-refractivity contribution in [3.05, 3.63) is 76.9 Å². The summed E-state index contributed by atoms with van der Waals surface area (Å²) in [5.41, 5.74) is 4.28. The van der Waals surface area contributed by atoms with Gasteiger partial charge < -0.3 is 30.4 Å². The first-order valence-corrected chi connectivity index (χ1v) is 19.1. The molecule has 0 aliphatic carbocycles. The Morgan fingerprint density at radius 3 is 2.44 bits per heavy atom. The minimum Gasteiger partial charge on any atom is -0.388 e. The molecule has 0 spiro atoms. The van der Waals surface area contributed by atoms with Gasteiger partial charge in [-0.3, -0.25) is 4.79 Å². The van der Waals surface area contributed by atoms with Crippen LogP contribution in [0.1, 0.15) is 98.8 Å². The number of fused-ring (bicyclic) bond motifs is 1.